The summed E-state index contributed by atoms with van der Waals surface area (Å²) in [5.74, 6) is -1.63. The Kier molecular flexibility index (Phi) is 10.3. The van der Waals surface area contributed by atoms with E-state index < -0.39 is 34.3 Å². The van der Waals surface area contributed by atoms with E-state index in [-0.39, 0.29) is 35.6 Å². The van der Waals surface area contributed by atoms with E-state index in [4.69, 9.17) is 23.2 Å². The van der Waals surface area contributed by atoms with Crippen LogP contribution >= 0.6 is 23.2 Å². The van der Waals surface area contributed by atoms with E-state index >= 15 is 0 Å². The van der Waals surface area contributed by atoms with E-state index in [0.29, 0.717) is 10.6 Å². The maximum absolute atomic E-state index is 14.1. The highest BCUT2D eigenvalue weighted by Crippen LogP contribution is 2.26. The van der Waals surface area contributed by atoms with Crippen molar-refractivity contribution < 1.29 is 22.4 Å². The maximum Gasteiger partial charge on any atom is 0.244 e. The van der Waals surface area contributed by atoms with Crippen LogP contribution in [0.4, 0.5) is 10.1 Å². The van der Waals surface area contributed by atoms with Crippen molar-refractivity contribution in [3.8, 4) is 0 Å². The van der Waals surface area contributed by atoms with Crippen LogP contribution in [0.5, 0.6) is 0 Å². The number of rotatable bonds is 11. The molecule has 1 aliphatic rings. The molecular weight excluding hydrogens is 588 g/mol. The third-order valence-corrected chi connectivity index (χ3v) is 8.79. The van der Waals surface area contributed by atoms with Gasteiger partial charge in [0.15, 0.2) is 0 Å². The molecular formula is C30H32Cl2FN3O4S. The second kappa shape index (κ2) is 13.7. The number of amides is 2. The predicted octanol–water partition coefficient (Wildman–Crippen LogP) is 5.60. The number of hydrogen-bond donors (Lipinski definition) is 1. The first-order chi connectivity index (χ1) is 19.5. The van der Waals surface area contributed by atoms with Crippen LogP contribution < -0.4 is 9.62 Å². The van der Waals surface area contributed by atoms with E-state index in [1.807, 2.05) is 30.3 Å². The van der Waals surface area contributed by atoms with Crippen molar-refractivity contribution in [2.45, 2.75) is 50.7 Å². The topological polar surface area (TPSA) is 86.8 Å². The average Bonchev–Trinajstić information content (AvgIpc) is 3.45. The second-order valence-electron chi connectivity index (χ2n) is 10.2. The minimum absolute atomic E-state index is 0.0159. The van der Waals surface area contributed by atoms with Crippen LogP contribution in [0.1, 0.15) is 36.8 Å². The van der Waals surface area contributed by atoms with E-state index in [1.165, 1.54) is 11.0 Å². The van der Waals surface area contributed by atoms with E-state index in [0.717, 1.165) is 53.9 Å². The Morgan fingerprint density at radius 1 is 0.976 bits per heavy atom. The molecule has 1 aliphatic carbocycles. The molecule has 7 nitrogen and oxygen atoms in total. The normalized spacial score (nSPS) is 14.4. The molecule has 0 saturated heterocycles. The quantitative estimate of drug-likeness (QED) is 0.303. The van der Waals surface area contributed by atoms with Gasteiger partial charge < -0.3 is 10.2 Å². The van der Waals surface area contributed by atoms with Gasteiger partial charge in [0.25, 0.3) is 0 Å². The summed E-state index contributed by atoms with van der Waals surface area (Å²) in [6, 6.07) is 18.8. The molecule has 1 atom stereocenters. The molecule has 3 aromatic rings. The minimum atomic E-state index is -3.99. The van der Waals surface area contributed by atoms with Gasteiger partial charge in [-0.25, -0.2) is 12.8 Å². The first kappa shape index (κ1) is 30.8. The van der Waals surface area contributed by atoms with Gasteiger partial charge in [-0.15, -0.1) is 0 Å². The predicted molar refractivity (Wildman–Crippen MR) is 160 cm³/mol. The van der Waals surface area contributed by atoms with Crippen molar-refractivity contribution >= 4 is 50.7 Å². The Hall–Kier alpha value is -3.14. The Bertz CT molecular complexity index is 1470. The molecule has 0 radical (unpaired) electrons. The van der Waals surface area contributed by atoms with Crippen molar-refractivity contribution in [3.05, 3.63) is 99.8 Å². The molecule has 1 N–H and O–H groups in total. The zero-order valence-corrected chi connectivity index (χ0v) is 24.9. The summed E-state index contributed by atoms with van der Waals surface area (Å²) < 4.78 is 40.4. The van der Waals surface area contributed by atoms with Gasteiger partial charge in [-0.05, 0) is 54.3 Å². The molecule has 0 spiro atoms. The number of carbonyl (C=O) groups excluding carboxylic acids is 2. The largest absolute Gasteiger partial charge is 0.352 e. The summed E-state index contributed by atoms with van der Waals surface area (Å²) in [6.07, 6.45) is 4.94. The monoisotopic (exact) mass is 619 g/mol. The fraction of sp³-hybridized carbons (Fsp3) is 0.333. The third-order valence-electron chi connectivity index (χ3n) is 7.11. The highest BCUT2D eigenvalue weighted by atomic mass is 35.5. The lowest BCUT2D eigenvalue weighted by Gasteiger charge is -2.34. The van der Waals surface area contributed by atoms with Crippen LogP contribution in [0.2, 0.25) is 10.0 Å². The van der Waals surface area contributed by atoms with E-state index in [1.54, 1.807) is 24.3 Å². The smallest absolute Gasteiger partial charge is 0.244 e. The molecule has 2 amide bonds. The summed E-state index contributed by atoms with van der Waals surface area (Å²) in [5.41, 5.74) is 1.59. The van der Waals surface area contributed by atoms with Gasteiger partial charge in [-0.1, -0.05) is 78.5 Å². The molecule has 1 fully saturated rings. The Labute approximate surface area is 250 Å². The number of halogens is 3. The Morgan fingerprint density at radius 2 is 1.63 bits per heavy atom. The van der Waals surface area contributed by atoms with Crippen molar-refractivity contribution in [2.24, 2.45) is 0 Å². The molecule has 1 saturated carbocycles. The van der Waals surface area contributed by atoms with Crippen molar-refractivity contribution in [1.82, 2.24) is 10.2 Å². The van der Waals surface area contributed by atoms with Gasteiger partial charge >= 0.3 is 0 Å². The number of nitrogens with one attached hydrogen (secondary N) is 1. The van der Waals surface area contributed by atoms with Crippen LogP contribution in [0.25, 0.3) is 0 Å². The zero-order valence-electron chi connectivity index (χ0n) is 22.6. The second-order valence-corrected chi connectivity index (χ2v) is 13.0. The summed E-state index contributed by atoms with van der Waals surface area (Å²) >= 11 is 12.0. The fourth-order valence-electron chi connectivity index (χ4n) is 4.96. The number of benzene rings is 3. The lowest BCUT2D eigenvalue weighted by Crippen LogP contribution is -2.54. The maximum atomic E-state index is 14.1. The average molecular weight is 621 g/mol. The minimum Gasteiger partial charge on any atom is -0.352 e. The molecule has 0 heterocycles. The SMILES string of the molecule is CS(=O)(=O)N(CC(=O)N(Cc1ccc(Cl)cc1)C(Cc1ccccc1)C(=O)NC1CCCC1)c1ccc(F)c(Cl)c1. The Balaban J connectivity index is 1.72. The highest BCUT2D eigenvalue weighted by molar-refractivity contribution is 7.92. The summed E-state index contributed by atoms with van der Waals surface area (Å²) in [5, 5.41) is 3.35. The molecule has 41 heavy (non-hydrogen) atoms. The number of anilines is 1. The van der Waals surface area contributed by atoms with E-state index in [2.05, 4.69) is 5.32 Å². The van der Waals surface area contributed by atoms with Crippen molar-refractivity contribution in [2.75, 3.05) is 17.1 Å². The molecule has 0 aromatic heterocycles. The number of nitrogens with zero attached hydrogens (tertiary/aromatic N) is 2. The lowest BCUT2D eigenvalue weighted by molar-refractivity contribution is -0.140. The number of hydrogen-bond acceptors (Lipinski definition) is 4. The van der Waals surface area contributed by atoms with Gasteiger partial charge in [-0.2, -0.15) is 0 Å². The molecule has 1 unspecified atom stereocenters. The van der Waals surface area contributed by atoms with Gasteiger partial charge in [0, 0.05) is 24.0 Å². The van der Waals surface area contributed by atoms with Crippen LogP contribution in [-0.2, 0) is 32.6 Å². The molecule has 11 heteroatoms. The van der Waals surface area contributed by atoms with Crippen molar-refractivity contribution in [1.29, 1.82) is 0 Å². The number of carbonyl (C=O) groups is 2. The first-order valence-electron chi connectivity index (χ1n) is 13.3. The summed E-state index contributed by atoms with van der Waals surface area (Å²) in [6.45, 7) is -0.580. The lowest BCUT2D eigenvalue weighted by atomic mass is 10.0. The summed E-state index contributed by atoms with van der Waals surface area (Å²) in [4.78, 5) is 29.3. The van der Waals surface area contributed by atoms with Gasteiger partial charge in [0.2, 0.25) is 21.8 Å². The van der Waals surface area contributed by atoms with Gasteiger partial charge in [0.05, 0.1) is 17.0 Å². The molecule has 0 bridgehead atoms. The number of sulfonamides is 1. The highest BCUT2D eigenvalue weighted by Gasteiger charge is 2.34. The van der Waals surface area contributed by atoms with Gasteiger partial charge in [-0.3, -0.25) is 13.9 Å². The zero-order chi connectivity index (χ0) is 29.6. The van der Waals surface area contributed by atoms with Crippen LogP contribution in [-0.4, -0.2) is 50.0 Å². The Morgan fingerprint density at radius 3 is 2.24 bits per heavy atom. The third kappa shape index (κ3) is 8.44. The van der Waals surface area contributed by atoms with Crippen LogP contribution in [0, 0.1) is 5.82 Å². The van der Waals surface area contributed by atoms with Gasteiger partial charge in [0.1, 0.15) is 18.4 Å². The summed E-state index contributed by atoms with van der Waals surface area (Å²) in [7, 11) is -3.99. The molecule has 218 valence electrons. The fourth-order valence-corrected chi connectivity index (χ4v) is 6.10. The van der Waals surface area contributed by atoms with Crippen LogP contribution in [0.3, 0.4) is 0 Å². The molecule has 4 rings (SSSR count). The molecule has 3 aromatic carbocycles. The van der Waals surface area contributed by atoms with Crippen molar-refractivity contribution in [3.63, 3.8) is 0 Å². The van der Waals surface area contributed by atoms with Crippen LogP contribution in [0.15, 0.2) is 72.8 Å². The van der Waals surface area contributed by atoms with E-state index in [9.17, 15) is 22.4 Å². The first-order valence-corrected chi connectivity index (χ1v) is 15.9. The standard InChI is InChI=1S/C30H32Cl2FN3O4S/c1-41(39,40)36(25-15-16-27(33)26(32)18-25)20-29(37)35(19-22-11-13-23(31)14-12-22)28(17-21-7-3-2-4-8-21)30(38)34-24-9-5-6-10-24/h2-4,7-8,11-16,18,24,28H,5-6,9-10,17,19-20H2,1H3,(H,34,38). The molecule has 0 aliphatic heterocycles.